The maximum atomic E-state index is 12.9. The van der Waals surface area contributed by atoms with Crippen molar-refractivity contribution in [2.24, 2.45) is 0 Å². The van der Waals surface area contributed by atoms with Crippen LogP contribution in [0.25, 0.3) is 0 Å². The first-order valence-corrected chi connectivity index (χ1v) is 10.2. The van der Waals surface area contributed by atoms with Crippen molar-refractivity contribution in [1.29, 1.82) is 0 Å². The van der Waals surface area contributed by atoms with Gasteiger partial charge >= 0.3 is 5.97 Å². The van der Waals surface area contributed by atoms with E-state index in [0.29, 0.717) is 5.75 Å². The number of carbonyl (C=O) groups excluding carboxylic acids is 2. The van der Waals surface area contributed by atoms with E-state index in [2.05, 4.69) is 0 Å². The molecule has 6 heteroatoms. The van der Waals surface area contributed by atoms with Crippen LogP contribution in [-0.2, 0) is 16.3 Å². The third-order valence-electron chi connectivity index (χ3n) is 4.71. The van der Waals surface area contributed by atoms with Gasteiger partial charge in [-0.05, 0) is 54.4 Å². The van der Waals surface area contributed by atoms with Gasteiger partial charge in [0.2, 0.25) is 9.84 Å². The third kappa shape index (κ3) is 2.92. The summed E-state index contributed by atoms with van der Waals surface area (Å²) in [4.78, 5) is 24.9. The summed E-state index contributed by atoms with van der Waals surface area (Å²) in [6.07, 6.45) is 0.867. The van der Waals surface area contributed by atoms with Gasteiger partial charge in [0.1, 0.15) is 5.75 Å². The Hall–Kier alpha value is -3.25. The molecule has 1 aliphatic rings. The summed E-state index contributed by atoms with van der Waals surface area (Å²) in [7, 11) is -3.90. The number of ketones is 1. The molecule has 28 heavy (non-hydrogen) atoms. The minimum Gasteiger partial charge on any atom is -0.423 e. The summed E-state index contributed by atoms with van der Waals surface area (Å²) < 4.78 is 31.2. The summed E-state index contributed by atoms with van der Waals surface area (Å²) in [5, 5.41) is 0. The van der Waals surface area contributed by atoms with Gasteiger partial charge in [-0.2, -0.15) is 0 Å². The highest BCUT2D eigenvalue weighted by Crippen LogP contribution is 2.34. The van der Waals surface area contributed by atoms with Gasteiger partial charge in [0.05, 0.1) is 15.4 Å². The Morgan fingerprint density at radius 1 is 0.893 bits per heavy atom. The van der Waals surface area contributed by atoms with E-state index in [-0.39, 0.29) is 32.3 Å². The molecule has 0 unspecified atom stereocenters. The lowest BCUT2D eigenvalue weighted by atomic mass is 10.0. The number of hydrogen-bond acceptors (Lipinski definition) is 5. The van der Waals surface area contributed by atoms with Gasteiger partial charge in [-0.1, -0.05) is 31.2 Å². The van der Waals surface area contributed by atoms with E-state index in [9.17, 15) is 18.0 Å². The second-order valence-corrected chi connectivity index (χ2v) is 8.31. The summed E-state index contributed by atoms with van der Waals surface area (Å²) in [5.74, 6) is -0.701. The van der Waals surface area contributed by atoms with Crippen molar-refractivity contribution in [3.63, 3.8) is 0 Å². The predicted octanol–water partition coefficient (Wildman–Crippen LogP) is 3.85. The Morgan fingerprint density at radius 2 is 1.57 bits per heavy atom. The lowest BCUT2D eigenvalue weighted by Gasteiger charge is -2.19. The van der Waals surface area contributed by atoms with E-state index < -0.39 is 15.8 Å². The summed E-state index contributed by atoms with van der Waals surface area (Å²) in [5.41, 5.74) is 1.37. The van der Waals surface area contributed by atoms with Gasteiger partial charge in [-0.25, -0.2) is 13.2 Å². The van der Waals surface area contributed by atoms with E-state index in [1.165, 1.54) is 30.3 Å². The number of aryl methyl sites for hydroxylation is 1. The Balaban J connectivity index is 1.71. The van der Waals surface area contributed by atoms with Crippen LogP contribution in [0.5, 0.6) is 5.75 Å². The van der Waals surface area contributed by atoms with Crippen LogP contribution in [0.1, 0.15) is 38.8 Å². The number of rotatable bonds is 3. The second kappa shape index (κ2) is 6.73. The molecule has 3 aromatic carbocycles. The molecule has 4 rings (SSSR count). The monoisotopic (exact) mass is 392 g/mol. The largest absolute Gasteiger partial charge is 0.423 e. The van der Waals surface area contributed by atoms with Crippen LogP contribution in [0.4, 0.5) is 0 Å². The first kappa shape index (κ1) is 18.1. The zero-order chi connectivity index (χ0) is 19.9. The third-order valence-corrected chi connectivity index (χ3v) is 6.57. The number of ether oxygens (including phenoxy) is 1. The molecule has 0 bridgehead atoms. The Morgan fingerprint density at radius 3 is 2.29 bits per heavy atom. The summed E-state index contributed by atoms with van der Waals surface area (Å²) in [6, 6.07) is 17.1. The standard InChI is InChI=1S/C22H16O5S/c1-2-14-7-10-16(11-8-14)27-22(24)15-9-12-18-20(13-15)28(25,26)19-6-4-3-5-17(19)21(18)23/h3-13H,2H2,1H3. The number of hydrogen-bond donors (Lipinski definition) is 0. The number of carbonyl (C=O) groups is 2. The number of fused-ring (bicyclic) bond motifs is 2. The second-order valence-electron chi connectivity index (χ2n) is 6.43. The van der Waals surface area contributed by atoms with Gasteiger partial charge < -0.3 is 4.74 Å². The molecule has 0 aromatic heterocycles. The van der Waals surface area contributed by atoms with Crippen LogP contribution < -0.4 is 4.74 Å². The molecule has 0 radical (unpaired) electrons. The zero-order valence-corrected chi connectivity index (χ0v) is 15.8. The van der Waals surface area contributed by atoms with Crippen LogP contribution in [0, 0.1) is 0 Å². The predicted molar refractivity (Wildman–Crippen MR) is 103 cm³/mol. The minimum atomic E-state index is -3.90. The molecule has 0 atom stereocenters. The average molecular weight is 392 g/mol. The van der Waals surface area contributed by atoms with Crippen molar-refractivity contribution in [2.45, 2.75) is 23.1 Å². The van der Waals surface area contributed by atoms with Crippen LogP contribution >= 0.6 is 0 Å². The van der Waals surface area contributed by atoms with Gasteiger partial charge in [0.25, 0.3) is 0 Å². The highest BCUT2D eigenvalue weighted by molar-refractivity contribution is 7.91. The maximum absolute atomic E-state index is 12.9. The van der Waals surface area contributed by atoms with Gasteiger partial charge in [-0.15, -0.1) is 0 Å². The minimum absolute atomic E-state index is 0.0480. The molecule has 3 aromatic rings. The van der Waals surface area contributed by atoms with Crippen molar-refractivity contribution >= 4 is 21.6 Å². The van der Waals surface area contributed by atoms with Crippen molar-refractivity contribution in [2.75, 3.05) is 0 Å². The summed E-state index contributed by atoms with van der Waals surface area (Å²) in [6.45, 7) is 2.02. The molecule has 5 nitrogen and oxygen atoms in total. The molecule has 0 N–H and O–H groups in total. The molecule has 0 fully saturated rings. The van der Waals surface area contributed by atoms with Crippen molar-refractivity contribution in [3.05, 3.63) is 89.0 Å². The highest BCUT2D eigenvalue weighted by atomic mass is 32.2. The van der Waals surface area contributed by atoms with Crippen LogP contribution in [0.3, 0.4) is 0 Å². The van der Waals surface area contributed by atoms with Crippen molar-refractivity contribution in [3.8, 4) is 5.75 Å². The lowest BCUT2D eigenvalue weighted by Crippen LogP contribution is -2.21. The molecule has 1 heterocycles. The van der Waals surface area contributed by atoms with E-state index >= 15 is 0 Å². The molecule has 0 spiro atoms. The van der Waals surface area contributed by atoms with Crippen molar-refractivity contribution in [1.82, 2.24) is 0 Å². The van der Waals surface area contributed by atoms with Crippen molar-refractivity contribution < 1.29 is 22.7 Å². The van der Waals surface area contributed by atoms with E-state index in [1.807, 2.05) is 19.1 Å². The molecular weight excluding hydrogens is 376 g/mol. The Labute approximate surface area is 162 Å². The topological polar surface area (TPSA) is 77.5 Å². The number of esters is 1. The molecule has 0 saturated carbocycles. The average Bonchev–Trinajstić information content (AvgIpc) is 2.72. The molecule has 0 saturated heterocycles. The molecule has 140 valence electrons. The zero-order valence-electron chi connectivity index (χ0n) is 15.0. The first-order valence-electron chi connectivity index (χ1n) is 8.76. The fraction of sp³-hybridized carbons (Fsp3) is 0.0909. The molecular formula is C22H16O5S. The van der Waals surface area contributed by atoms with E-state index in [4.69, 9.17) is 4.74 Å². The van der Waals surface area contributed by atoms with Gasteiger partial charge in [0.15, 0.2) is 5.78 Å². The molecule has 1 aliphatic heterocycles. The van der Waals surface area contributed by atoms with Gasteiger partial charge in [-0.3, -0.25) is 4.79 Å². The van der Waals surface area contributed by atoms with Crippen LogP contribution in [0.2, 0.25) is 0 Å². The maximum Gasteiger partial charge on any atom is 0.343 e. The fourth-order valence-corrected chi connectivity index (χ4v) is 4.85. The normalized spacial score (nSPS) is 14.1. The first-order chi connectivity index (χ1) is 13.4. The van der Waals surface area contributed by atoms with Crippen LogP contribution in [0.15, 0.2) is 76.5 Å². The van der Waals surface area contributed by atoms with Gasteiger partial charge in [0, 0.05) is 11.1 Å². The Bertz CT molecular complexity index is 1210. The SMILES string of the molecule is CCc1ccc(OC(=O)c2ccc3c(c2)S(=O)(=O)c2ccccc2C3=O)cc1. The fourth-order valence-electron chi connectivity index (χ4n) is 3.17. The van der Waals surface area contributed by atoms with E-state index in [1.54, 1.807) is 24.3 Å². The quantitative estimate of drug-likeness (QED) is 0.391. The lowest BCUT2D eigenvalue weighted by molar-refractivity contribution is 0.0734. The van der Waals surface area contributed by atoms with E-state index in [0.717, 1.165) is 12.0 Å². The Kier molecular flexibility index (Phi) is 4.35. The molecule has 0 aliphatic carbocycles. The van der Waals surface area contributed by atoms with Crippen LogP contribution in [-0.4, -0.2) is 20.2 Å². The highest BCUT2D eigenvalue weighted by Gasteiger charge is 2.35. The number of benzene rings is 3. The molecule has 0 amide bonds. The smallest absolute Gasteiger partial charge is 0.343 e. The number of sulfone groups is 1. The summed E-state index contributed by atoms with van der Waals surface area (Å²) >= 11 is 0.